The number of aryl methyl sites for hydroxylation is 3. The van der Waals surface area contributed by atoms with Crippen LogP contribution in [0.1, 0.15) is 131 Å². The van der Waals surface area contributed by atoms with Crippen molar-refractivity contribution in [1.82, 2.24) is 69.7 Å². The van der Waals surface area contributed by atoms with Gasteiger partial charge in [0.05, 0.1) is 59.4 Å². The first-order chi connectivity index (χ1) is 48.5. The van der Waals surface area contributed by atoms with Crippen molar-refractivity contribution in [1.29, 1.82) is 0 Å². The first-order valence-electron chi connectivity index (χ1n) is 34.0. The highest BCUT2D eigenvalue weighted by molar-refractivity contribution is 5.72. The molecule has 0 radical (unpaired) electrons. The lowest BCUT2D eigenvalue weighted by molar-refractivity contribution is 0.186. The molecule has 4 N–H and O–H groups in total. The number of methoxy groups -OCH3 is 1. The molecule has 100 heavy (non-hydrogen) atoms. The Balaban J connectivity index is 0.000000214. The van der Waals surface area contributed by atoms with Crippen LogP contribution in [0, 0.1) is 20.8 Å². The Hall–Kier alpha value is -10.8. The Morgan fingerprint density at radius 2 is 0.930 bits per heavy atom. The maximum Gasteiger partial charge on any atom is 0.250 e. The molecule has 13 rings (SSSR count). The minimum atomic E-state index is -0.0910. The van der Waals surface area contributed by atoms with Gasteiger partial charge in [-0.2, -0.15) is 0 Å². The van der Waals surface area contributed by atoms with Crippen LogP contribution >= 0.6 is 0 Å². The van der Waals surface area contributed by atoms with Gasteiger partial charge in [-0.05, 0) is 114 Å². The summed E-state index contributed by atoms with van der Waals surface area (Å²) in [4.78, 5) is 64.9. The summed E-state index contributed by atoms with van der Waals surface area (Å²) < 4.78 is 27.2. The van der Waals surface area contributed by atoms with Crippen molar-refractivity contribution in [3.05, 3.63) is 229 Å². The fraction of sp³-hybridized carbons (Fsp3) is 0.308. The van der Waals surface area contributed by atoms with Gasteiger partial charge in [-0.1, -0.05) is 110 Å². The fourth-order valence-electron chi connectivity index (χ4n) is 11.6. The SMILES string of the molecule is CCC(CC)n1cc(-c2cnc(C)c(-c3cc(-c4ccc(CNC5CC5)cc4)no3)n2)ccc1=O.CCC(CC)n1cc(-c2cnc(C)c(-c3cc(-c4cccc(C(C)N)c4)no3)n2)ccc1=O.CNCc1ccc(-c2cc(-c3nc(-c4ccc(=O)n(CCOC)c4)cnc3C)on2)cc1.[HH].[HH].[HH].[HH]. The number of ether oxygens (including phenoxy) is 1. The van der Waals surface area contributed by atoms with Crippen molar-refractivity contribution in [3.63, 3.8) is 0 Å². The molecular formula is C78H93N15O7. The molecule has 22 nitrogen and oxygen atoms in total. The van der Waals surface area contributed by atoms with E-state index in [1.54, 1.807) is 75.9 Å². The lowest BCUT2D eigenvalue weighted by atomic mass is 10.0. The van der Waals surface area contributed by atoms with E-state index in [0.717, 1.165) is 106 Å². The minimum absolute atomic E-state index is 0. The van der Waals surface area contributed by atoms with Crippen LogP contribution < -0.4 is 33.0 Å². The number of rotatable bonds is 24. The number of nitrogens with one attached hydrogen (secondary N) is 2. The van der Waals surface area contributed by atoms with E-state index < -0.39 is 0 Å². The van der Waals surface area contributed by atoms with E-state index in [9.17, 15) is 14.4 Å². The van der Waals surface area contributed by atoms with Gasteiger partial charge < -0.3 is 48.4 Å². The van der Waals surface area contributed by atoms with Gasteiger partial charge in [0.25, 0.3) is 16.7 Å². The van der Waals surface area contributed by atoms with E-state index in [1.807, 2.05) is 102 Å². The zero-order chi connectivity index (χ0) is 70.4. The van der Waals surface area contributed by atoms with Gasteiger partial charge in [-0.25, -0.2) is 15.0 Å². The summed E-state index contributed by atoms with van der Waals surface area (Å²) in [6.45, 7) is 18.6. The Morgan fingerprint density at radius 3 is 1.34 bits per heavy atom. The molecule has 12 aromatic rings. The number of hydrogen-bond donors (Lipinski definition) is 3. The Morgan fingerprint density at radius 1 is 0.520 bits per heavy atom. The molecule has 0 amide bonds. The molecule has 0 saturated heterocycles. The number of benzene rings is 3. The maximum atomic E-state index is 12.4. The Labute approximate surface area is 586 Å². The lowest BCUT2D eigenvalue weighted by Crippen LogP contribution is -2.23. The average molecular weight is 1350 g/mol. The second kappa shape index (κ2) is 32.7. The van der Waals surface area contributed by atoms with Crippen LogP contribution in [-0.2, 0) is 24.4 Å². The van der Waals surface area contributed by atoms with E-state index in [-0.39, 0.29) is 40.5 Å². The molecule has 3 aromatic carbocycles. The summed E-state index contributed by atoms with van der Waals surface area (Å²) >= 11 is 0. The third-order valence-electron chi connectivity index (χ3n) is 17.8. The second-order valence-electron chi connectivity index (χ2n) is 25.0. The molecule has 0 aliphatic heterocycles. The molecule has 0 bridgehead atoms. The normalized spacial score (nSPS) is 12.3. The average Bonchev–Trinajstić information content (AvgIpc) is 1.24. The Kier molecular flexibility index (Phi) is 23.1. The summed E-state index contributed by atoms with van der Waals surface area (Å²) in [5, 5.41) is 19.4. The molecule has 0 spiro atoms. The number of pyridine rings is 3. The lowest BCUT2D eigenvalue weighted by Gasteiger charge is -2.17. The molecule has 1 saturated carbocycles. The van der Waals surface area contributed by atoms with E-state index in [2.05, 4.69) is 105 Å². The number of nitrogens with zero attached hydrogens (tertiary/aromatic N) is 12. The molecule has 1 aliphatic rings. The molecule has 1 aliphatic carbocycles. The molecular weight excluding hydrogens is 1260 g/mol. The molecule has 9 heterocycles. The predicted molar refractivity (Wildman–Crippen MR) is 397 cm³/mol. The smallest absolute Gasteiger partial charge is 0.250 e. The maximum absolute atomic E-state index is 12.4. The Bertz CT molecular complexity index is 4950. The fourth-order valence-corrected chi connectivity index (χ4v) is 11.6. The van der Waals surface area contributed by atoms with E-state index in [4.69, 9.17) is 39.0 Å². The van der Waals surface area contributed by atoms with Crippen LogP contribution in [0.15, 0.2) is 193 Å². The molecule has 1 fully saturated rings. The number of hydrogen-bond acceptors (Lipinski definition) is 19. The highest BCUT2D eigenvalue weighted by Gasteiger charge is 2.22. The first-order valence-corrected chi connectivity index (χ1v) is 34.0. The summed E-state index contributed by atoms with van der Waals surface area (Å²) in [7, 11) is 3.53. The molecule has 1 unspecified atom stereocenters. The van der Waals surface area contributed by atoms with Gasteiger partial charge in [0, 0.05) is 145 Å². The number of nitrogens with two attached hydrogens (primary N) is 1. The van der Waals surface area contributed by atoms with Gasteiger partial charge in [-0.3, -0.25) is 29.3 Å². The van der Waals surface area contributed by atoms with Crippen molar-refractivity contribution >= 4 is 0 Å². The zero-order valence-corrected chi connectivity index (χ0v) is 58.3. The van der Waals surface area contributed by atoms with Crippen LogP contribution in [0.3, 0.4) is 0 Å². The summed E-state index contributed by atoms with van der Waals surface area (Å²) in [5.74, 6) is 1.65. The first kappa shape index (κ1) is 70.5. The van der Waals surface area contributed by atoms with Crippen molar-refractivity contribution < 1.29 is 24.0 Å². The third kappa shape index (κ3) is 17.0. The molecule has 9 aromatic heterocycles. The van der Waals surface area contributed by atoms with Gasteiger partial charge in [0.1, 0.15) is 34.2 Å². The van der Waals surface area contributed by atoms with Gasteiger partial charge in [0.15, 0.2) is 17.3 Å². The molecule has 22 heteroatoms. The summed E-state index contributed by atoms with van der Waals surface area (Å²) in [6.07, 6.45) is 16.8. The van der Waals surface area contributed by atoms with Gasteiger partial charge in [-0.15, -0.1) is 0 Å². The van der Waals surface area contributed by atoms with Gasteiger partial charge in [0.2, 0.25) is 0 Å². The van der Waals surface area contributed by atoms with Crippen molar-refractivity contribution in [3.8, 4) is 102 Å². The van der Waals surface area contributed by atoms with Crippen LogP contribution in [0.5, 0.6) is 0 Å². The highest BCUT2D eigenvalue weighted by Crippen LogP contribution is 2.33. The van der Waals surface area contributed by atoms with Crippen LogP contribution in [0.4, 0.5) is 0 Å². The number of aromatic nitrogens is 12. The van der Waals surface area contributed by atoms with Crippen LogP contribution in [-0.4, -0.2) is 85.9 Å². The van der Waals surface area contributed by atoms with E-state index in [1.165, 1.54) is 30.0 Å². The quantitative estimate of drug-likeness (QED) is 0.0507. The monoisotopic (exact) mass is 1350 g/mol. The van der Waals surface area contributed by atoms with E-state index >= 15 is 0 Å². The minimum Gasteiger partial charge on any atom is -0.383 e. The summed E-state index contributed by atoms with van der Waals surface area (Å²) in [5.41, 5.74) is 23.1. The van der Waals surface area contributed by atoms with E-state index in [0.29, 0.717) is 76.3 Å². The highest BCUT2D eigenvalue weighted by atomic mass is 16.5. The van der Waals surface area contributed by atoms with Crippen molar-refractivity contribution in [2.75, 3.05) is 20.8 Å². The molecule has 1 atom stereocenters. The summed E-state index contributed by atoms with van der Waals surface area (Å²) in [6, 6.07) is 41.1. The third-order valence-corrected chi connectivity index (χ3v) is 17.8. The standard InChI is InChI=1S/C28H31N5O2.C26H29N5O2.C24H25N5O3.4H2/c1-4-23(5-2)33-17-21(10-13-27(33)34)25-16-29-18(3)28(31-25)26-14-24(32-35-26)20-8-6-19(7-9-20)15-30-22-11-12-22;1-5-21(6-2)31-15-20(10-11-25(31)32)23-14-28-17(4)26(29-23)24-13-22(30-33-24)19-9-7-8-18(12-19)16(3)27;1-16-24(22-12-20(28-32-22)18-6-4-17(5-7-18)13-25-2)27-21(14-26-16)19-8-9-23(30)29(15-19)10-11-31-3;;;;/h6-10,13-14,16-17,22-23,30H,4-5,11-12,15H2,1-3H3;7-16,21H,5-6,27H2,1-4H3;4-9,12,14-15,25H,10-11,13H2,1-3H3;4*1H. The van der Waals surface area contributed by atoms with Crippen molar-refractivity contribution in [2.45, 2.75) is 138 Å². The second-order valence-corrected chi connectivity index (χ2v) is 25.0. The van der Waals surface area contributed by atoms with Crippen molar-refractivity contribution in [2.24, 2.45) is 5.73 Å². The largest absolute Gasteiger partial charge is 0.383 e. The van der Waals surface area contributed by atoms with Crippen LogP contribution in [0.2, 0.25) is 0 Å². The predicted octanol–water partition coefficient (Wildman–Crippen LogP) is 15.2. The topological polar surface area (TPSA) is 281 Å². The molecule has 522 valence electrons. The zero-order valence-electron chi connectivity index (χ0n) is 58.3. The van der Waals surface area contributed by atoms with Gasteiger partial charge >= 0.3 is 0 Å². The van der Waals surface area contributed by atoms with Crippen LogP contribution in [0.25, 0.3) is 102 Å².